The Labute approximate surface area is 104 Å². The van der Waals surface area contributed by atoms with Crippen molar-refractivity contribution in [2.75, 3.05) is 7.11 Å². The highest BCUT2D eigenvalue weighted by molar-refractivity contribution is 5.91. The molecule has 3 heteroatoms. The molecule has 0 spiro atoms. The number of ether oxygens (including phenoxy) is 1. The number of aromatic carboxylic acids is 1. The number of aryl methyl sites for hydroxylation is 2. The molecule has 0 atom stereocenters. The van der Waals surface area contributed by atoms with Crippen molar-refractivity contribution < 1.29 is 14.6 Å². The summed E-state index contributed by atoms with van der Waals surface area (Å²) in [5.41, 5.74) is 2.00. The van der Waals surface area contributed by atoms with Crippen LogP contribution >= 0.6 is 0 Å². The van der Waals surface area contributed by atoms with E-state index in [0.717, 1.165) is 11.1 Å². The Balaban J connectivity index is 0. The number of carboxylic acid groups (broad SMARTS) is 1. The highest BCUT2D eigenvalue weighted by Gasteiger charge is 2.13. The largest absolute Gasteiger partial charge is 0.496 e. The van der Waals surface area contributed by atoms with E-state index >= 15 is 0 Å². The van der Waals surface area contributed by atoms with Crippen LogP contribution in [0.1, 0.15) is 49.2 Å². The van der Waals surface area contributed by atoms with E-state index in [1.807, 2.05) is 47.6 Å². The molecule has 1 rings (SSSR count). The summed E-state index contributed by atoms with van der Waals surface area (Å²) in [6.45, 7) is 11.7. The van der Waals surface area contributed by atoms with Crippen LogP contribution in [0.2, 0.25) is 0 Å². The van der Waals surface area contributed by atoms with Gasteiger partial charge in [-0.05, 0) is 31.0 Å². The Morgan fingerprint density at radius 3 is 1.94 bits per heavy atom. The molecule has 1 aromatic rings. The minimum Gasteiger partial charge on any atom is -0.496 e. The molecular weight excluding hydrogens is 216 g/mol. The van der Waals surface area contributed by atoms with Gasteiger partial charge in [-0.1, -0.05) is 33.8 Å². The van der Waals surface area contributed by atoms with Gasteiger partial charge in [0, 0.05) is 0 Å². The van der Waals surface area contributed by atoms with Gasteiger partial charge >= 0.3 is 5.97 Å². The van der Waals surface area contributed by atoms with Crippen molar-refractivity contribution in [1.82, 2.24) is 0 Å². The second kappa shape index (κ2) is 9.70. The number of hydrogen-bond acceptors (Lipinski definition) is 2. The third-order valence-electron chi connectivity index (χ3n) is 1.85. The predicted molar refractivity (Wildman–Crippen MR) is 72.1 cm³/mol. The predicted octanol–water partition coefficient (Wildman–Crippen LogP) is 4.06. The van der Waals surface area contributed by atoms with Crippen molar-refractivity contribution in [2.45, 2.75) is 41.5 Å². The summed E-state index contributed by atoms with van der Waals surface area (Å²) in [5, 5.41) is 8.87. The van der Waals surface area contributed by atoms with Gasteiger partial charge in [0.15, 0.2) is 0 Å². The summed E-state index contributed by atoms with van der Waals surface area (Å²) >= 11 is 0. The minimum absolute atomic E-state index is 0.222. The van der Waals surface area contributed by atoms with Gasteiger partial charge in [-0.3, -0.25) is 0 Å². The fourth-order valence-corrected chi connectivity index (χ4v) is 1.38. The lowest BCUT2D eigenvalue weighted by molar-refractivity contribution is 0.0693. The number of carbonyl (C=O) groups is 1. The average Bonchev–Trinajstić information content (AvgIpc) is 2.33. The fraction of sp³-hybridized carbons (Fsp3) is 0.500. The van der Waals surface area contributed by atoms with Gasteiger partial charge in [-0.2, -0.15) is 0 Å². The Morgan fingerprint density at radius 1 is 1.12 bits per heavy atom. The first-order valence-electron chi connectivity index (χ1n) is 5.94. The van der Waals surface area contributed by atoms with Crippen LogP contribution in [0.25, 0.3) is 0 Å². The minimum atomic E-state index is -0.955. The monoisotopic (exact) mass is 240 g/mol. The first-order chi connectivity index (χ1) is 8.06. The molecule has 1 N–H and O–H groups in total. The summed E-state index contributed by atoms with van der Waals surface area (Å²) in [6, 6.07) is 3.50. The lowest BCUT2D eigenvalue weighted by Gasteiger charge is -2.09. The molecule has 0 fully saturated rings. The molecule has 0 bridgehead atoms. The Bertz CT molecular complexity index is 344. The van der Waals surface area contributed by atoms with Gasteiger partial charge in [0.05, 0.1) is 7.11 Å². The van der Waals surface area contributed by atoms with Crippen LogP contribution in [-0.4, -0.2) is 18.2 Å². The molecular formula is C14H24O3. The van der Waals surface area contributed by atoms with Crippen LogP contribution in [0.4, 0.5) is 0 Å². The van der Waals surface area contributed by atoms with Gasteiger partial charge in [0.25, 0.3) is 0 Å². The zero-order valence-electron chi connectivity index (χ0n) is 11.9. The molecule has 0 aromatic heterocycles. The van der Waals surface area contributed by atoms with Crippen LogP contribution in [-0.2, 0) is 0 Å². The summed E-state index contributed by atoms with van der Waals surface area (Å²) in [7, 11) is 1.48. The summed E-state index contributed by atoms with van der Waals surface area (Å²) in [5.74, 6) is -0.512. The van der Waals surface area contributed by atoms with E-state index in [0.29, 0.717) is 5.75 Å². The second-order valence-corrected chi connectivity index (χ2v) is 2.97. The summed E-state index contributed by atoms with van der Waals surface area (Å²) < 4.78 is 5.01. The van der Waals surface area contributed by atoms with Gasteiger partial charge in [0.2, 0.25) is 0 Å². The molecule has 0 aliphatic rings. The molecule has 0 saturated carbocycles. The van der Waals surface area contributed by atoms with Crippen LogP contribution in [0.15, 0.2) is 12.1 Å². The zero-order chi connectivity index (χ0) is 14.0. The van der Waals surface area contributed by atoms with E-state index in [1.54, 1.807) is 6.07 Å². The van der Waals surface area contributed by atoms with Gasteiger partial charge < -0.3 is 9.84 Å². The van der Waals surface area contributed by atoms with E-state index < -0.39 is 5.97 Å². The van der Waals surface area contributed by atoms with Crippen molar-refractivity contribution in [2.24, 2.45) is 0 Å². The van der Waals surface area contributed by atoms with Crippen LogP contribution < -0.4 is 4.74 Å². The molecule has 0 amide bonds. The Morgan fingerprint density at radius 2 is 1.59 bits per heavy atom. The van der Waals surface area contributed by atoms with Gasteiger partial charge in [-0.15, -0.1) is 0 Å². The van der Waals surface area contributed by atoms with Gasteiger partial charge in [0.1, 0.15) is 11.3 Å². The van der Waals surface area contributed by atoms with Crippen LogP contribution in [0.5, 0.6) is 5.75 Å². The number of carboxylic acids is 1. The van der Waals surface area contributed by atoms with Crippen molar-refractivity contribution in [3.63, 3.8) is 0 Å². The first-order valence-corrected chi connectivity index (χ1v) is 5.94. The van der Waals surface area contributed by atoms with Crippen molar-refractivity contribution in [1.29, 1.82) is 0 Å². The quantitative estimate of drug-likeness (QED) is 0.847. The topological polar surface area (TPSA) is 46.5 Å². The maximum atomic E-state index is 10.8. The summed E-state index contributed by atoms with van der Waals surface area (Å²) in [6.07, 6.45) is 0. The molecule has 0 aliphatic carbocycles. The maximum absolute atomic E-state index is 10.8. The molecule has 3 nitrogen and oxygen atoms in total. The number of rotatable bonds is 2. The lowest BCUT2D eigenvalue weighted by Crippen LogP contribution is -2.02. The molecule has 17 heavy (non-hydrogen) atoms. The lowest BCUT2D eigenvalue weighted by atomic mass is 10.1. The molecule has 98 valence electrons. The van der Waals surface area contributed by atoms with E-state index in [9.17, 15) is 4.79 Å². The van der Waals surface area contributed by atoms with E-state index in [-0.39, 0.29) is 5.56 Å². The molecule has 0 unspecified atom stereocenters. The normalized spacial score (nSPS) is 8.18. The second-order valence-electron chi connectivity index (χ2n) is 2.97. The van der Waals surface area contributed by atoms with Crippen molar-refractivity contribution >= 4 is 5.97 Å². The van der Waals surface area contributed by atoms with Crippen LogP contribution in [0, 0.1) is 13.8 Å². The zero-order valence-corrected chi connectivity index (χ0v) is 11.9. The van der Waals surface area contributed by atoms with Gasteiger partial charge in [-0.25, -0.2) is 4.79 Å². The molecule has 0 aliphatic heterocycles. The highest BCUT2D eigenvalue weighted by Crippen LogP contribution is 2.24. The number of methoxy groups -OCH3 is 1. The van der Waals surface area contributed by atoms with E-state index in [4.69, 9.17) is 9.84 Å². The molecule has 0 radical (unpaired) electrons. The standard InChI is InChI=1S/C10H12O3.2C2H6/c1-6-4-7(2)9(13-3)8(5-6)10(11)12;2*1-2/h4-5H,1-3H3,(H,11,12);2*1-2H3. The van der Waals surface area contributed by atoms with Crippen LogP contribution in [0.3, 0.4) is 0 Å². The SMILES string of the molecule is CC.CC.COc1c(C)cc(C)cc1C(=O)O. The highest BCUT2D eigenvalue weighted by atomic mass is 16.5. The van der Waals surface area contributed by atoms with Crippen molar-refractivity contribution in [3.05, 3.63) is 28.8 Å². The van der Waals surface area contributed by atoms with E-state index in [1.165, 1.54) is 7.11 Å². The number of hydrogen-bond donors (Lipinski definition) is 1. The maximum Gasteiger partial charge on any atom is 0.339 e. The van der Waals surface area contributed by atoms with E-state index in [2.05, 4.69) is 0 Å². The Kier molecular flexibility index (Phi) is 10.2. The van der Waals surface area contributed by atoms with Crippen molar-refractivity contribution in [3.8, 4) is 5.75 Å². The molecule has 1 aromatic carbocycles. The first kappa shape index (κ1) is 17.9. The average molecular weight is 240 g/mol. The fourth-order valence-electron chi connectivity index (χ4n) is 1.38. The Hall–Kier alpha value is -1.51. The smallest absolute Gasteiger partial charge is 0.339 e. The summed E-state index contributed by atoms with van der Waals surface area (Å²) in [4.78, 5) is 10.8. The third kappa shape index (κ3) is 5.38. The number of benzene rings is 1. The molecule has 0 saturated heterocycles. The third-order valence-corrected chi connectivity index (χ3v) is 1.85. The molecule has 0 heterocycles.